The van der Waals surface area contributed by atoms with Crippen molar-refractivity contribution in [3.63, 3.8) is 0 Å². The zero-order valence-electron chi connectivity index (χ0n) is 2.73. The van der Waals surface area contributed by atoms with E-state index in [4.69, 9.17) is 0 Å². The first-order valence-corrected chi connectivity index (χ1v) is 1.82. The molecule has 0 amide bonds. The lowest BCUT2D eigenvalue weighted by Gasteiger charge is -1.89. The summed E-state index contributed by atoms with van der Waals surface area (Å²) in [4.78, 5) is 0.366. The minimum Gasteiger partial charge on any atom is -0.792 e. The Hall–Kier alpha value is -0.0800. The van der Waals surface area contributed by atoms with Gasteiger partial charge in [0.15, 0.2) is 0 Å². The van der Waals surface area contributed by atoms with Crippen molar-refractivity contribution in [2.45, 2.75) is 0 Å². The highest BCUT2D eigenvalue weighted by atomic mass is 32.2. The second-order valence-electron chi connectivity index (χ2n) is 0.622. The third-order valence-electron chi connectivity index (χ3n) is 0.118. The van der Waals surface area contributed by atoms with Gasteiger partial charge in [-0.1, -0.05) is 0 Å². The quantitative estimate of drug-likeness (QED) is 0.355. The molecule has 0 radical (unpaired) electrons. The maximum atomic E-state index is 9.38. The van der Waals surface area contributed by atoms with Crippen LogP contribution >= 0.6 is 12.0 Å². The molecule has 0 bridgehead atoms. The van der Waals surface area contributed by atoms with Crippen molar-refractivity contribution < 1.29 is 4.55 Å². The van der Waals surface area contributed by atoms with Gasteiger partial charge in [0.25, 0.3) is 0 Å². The molecule has 0 aromatic carbocycles. The van der Waals surface area contributed by atoms with Gasteiger partial charge in [0.05, 0.1) is 0 Å². The molecule has 0 saturated heterocycles. The zero-order valence-corrected chi connectivity index (χ0v) is 3.55. The van der Waals surface area contributed by atoms with E-state index in [1.165, 1.54) is 0 Å². The second kappa shape index (κ2) is 2.18. The standard InChI is InChI=1S/C3H4OS/c1-3(2)5-4/h1-2H2. The fourth-order valence-corrected chi connectivity index (χ4v) is 0. The van der Waals surface area contributed by atoms with Crippen LogP contribution in [0.15, 0.2) is 11.5 Å². The van der Waals surface area contributed by atoms with Crippen LogP contribution in [-0.2, 0) is 0 Å². The predicted octanol–water partition coefficient (Wildman–Crippen LogP) is 1.20. The third-order valence-corrected chi connectivity index (χ3v) is 0.354. The number of hydrogen-bond acceptors (Lipinski definition) is 2. The smallest absolute Gasteiger partial charge is 0.138 e. The molecule has 0 rings (SSSR count). The SMILES string of the molecule is C=C([CH2+])S[O-]. The molecule has 0 saturated carbocycles. The number of rotatable bonds is 1. The van der Waals surface area contributed by atoms with E-state index < -0.39 is 0 Å². The van der Waals surface area contributed by atoms with E-state index in [1.54, 1.807) is 0 Å². The van der Waals surface area contributed by atoms with Crippen molar-refractivity contribution in [2.24, 2.45) is 0 Å². The molecular formula is C3H4OS. The lowest BCUT2D eigenvalue weighted by molar-refractivity contribution is 0.625. The predicted molar refractivity (Wildman–Crippen MR) is 22.9 cm³/mol. The highest BCUT2D eigenvalue weighted by Crippen LogP contribution is 2.01. The highest BCUT2D eigenvalue weighted by molar-refractivity contribution is 7.97. The summed E-state index contributed by atoms with van der Waals surface area (Å²) in [5.74, 6) is 0. The Balaban J connectivity index is 2.85. The van der Waals surface area contributed by atoms with E-state index in [1.807, 2.05) is 0 Å². The van der Waals surface area contributed by atoms with E-state index in [0.717, 1.165) is 0 Å². The molecule has 5 heavy (non-hydrogen) atoms. The third kappa shape index (κ3) is 3.92. The van der Waals surface area contributed by atoms with Crippen molar-refractivity contribution in [3.8, 4) is 0 Å². The van der Waals surface area contributed by atoms with Crippen LogP contribution < -0.4 is 0 Å². The molecule has 0 aliphatic rings. The summed E-state index contributed by atoms with van der Waals surface area (Å²) in [5, 5.41) is 0. The van der Waals surface area contributed by atoms with Crippen LogP contribution in [0.25, 0.3) is 0 Å². The van der Waals surface area contributed by atoms with Crippen LogP contribution in [0, 0.1) is 6.92 Å². The van der Waals surface area contributed by atoms with E-state index in [9.17, 15) is 4.55 Å². The van der Waals surface area contributed by atoms with Crippen LogP contribution in [0.2, 0.25) is 0 Å². The second-order valence-corrected chi connectivity index (χ2v) is 1.37. The van der Waals surface area contributed by atoms with Gasteiger partial charge in [-0.15, -0.1) is 0 Å². The molecular weight excluding hydrogens is 84.1 g/mol. The molecule has 0 atom stereocenters. The average molecular weight is 88.1 g/mol. The van der Waals surface area contributed by atoms with Gasteiger partial charge in [0, 0.05) is 13.5 Å². The summed E-state index contributed by atoms with van der Waals surface area (Å²) < 4.78 is 9.38. The fourth-order valence-electron chi connectivity index (χ4n) is 0. The molecule has 0 fully saturated rings. The number of hydrogen-bond donors (Lipinski definition) is 0. The Morgan fingerprint density at radius 1 is 2.00 bits per heavy atom. The largest absolute Gasteiger partial charge is 0.792 e. The molecule has 28 valence electrons. The van der Waals surface area contributed by atoms with Crippen LogP contribution in [-0.4, -0.2) is 4.55 Å². The van der Waals surface area contributed by atoms with E-state index in [2.05, 4.69) is 13.5 Å². The van der Waals surface area contributed by atoms with E-state index >= 15 is 0 Å². The van der Waals surface area contributed by atoms with Gasteiger partial charge in [0.2, 0.25) is 0 Å². The molecule has 0 unspecified atom stereocenters. The molecule has 2 heteroatoms. The summed E-state index contributed by atoms with van der Waals surface area (Å²) in [6.45, 7) is 6.43. The van der Waals surface area contributed by atoms with Crippen molar-refractivity contribution >= 4 is 12.0 Å². The van der Waals surface area contributed by atoms with Crippen molar-refractivity contribution in [1.82, 2.24) is 0 Å². The topological polar surface area (TPSA) is 23.1 Å². The summed E-state index contributed by atoms with van der Waals surface area (Å²) >= 11 is 0.324. The Kier molecular flexibility index (Phi) is 2.14. The normalized spacial score (nSPS) is 7.40. The lowest BCUT2D eigenvalue weighted by atomic mass is 10.8. The Morgan fingerprint density at radius 2 is 2.20 bits per heavy atom. The van der Waals surface area contributed by atoms with E-state index in [0.29, 0.717) is 16.9 Å². The highest BCUT2D eigenvalue weighted by Gasteiger charge is 1.71. The first-order valence-electron chi connectivity index (χ1n) is 1.08. The van der Waals surface area contributed by atoms with Crippen LogP contribution in [0.5, 0.6) is 0 Å². The summed E-state index contributed by atoms with van der Waals surface area (Å²) in [6.07, 6.45) is 0. The Bertz CT molecular complexity index is 42.2. The van der Waals surface area contributed by atoms with Gasteiger partial charge >= 0.3 is 0 Å². The first kappa shape index (κ1) is 4.92. The van der Waals surface area contributed by atoms with Gasteiger partial charge in [-0.05, 0) is 0 Å². The summed E-state index contributed by atoms with van der Waals surface area (Å²) in [5.41, 5.74) is 0. The molecule has 0 aromatic rings. The summed E-state index contributed by atoms with van der Waals surface area (Å²) in [6, 6.07) is 0. The lowest BCUT2D eigenvalue weighted by Crippen LogP contribution is -1.52. The van der Waals surface area contributed by atoms with Gasteiger partial charge in [-0.2, -0.15) is 12.0 Å². The molecule has 0 N–H and O–H groups in total. The van der Waals surface area contributed by atoms with Gasteiger partial charge < -0.3 is 4.55 Å². The minimum absolute atomic E-state index is 0.324. The molecule has 0 aromatic heterocycles. The molecule has 0 heterocycles. The van der Waals surface area contributed by atoms with Crippen molar-refractivity contribution in [2.75, 3.05) is 0 Å². The number of allylic oxidation sites excluding steroid dienone is 1. The fraction of sp³-hybridized carbons (Fsp3) is 0. The van der Waals surface area contributed by atoms with Crippen LogP contribution in [0.1, 0.15) is 0 Å². The van der Waals surface area contributed by atoms with Crippen molar-refractivity contribution in [1.29, 1.82) is 0 Å². The summed E-state index contributed by atoms with van der Waals surface area (Å²) in [7, 11) is 0. The minimum atomic E-state index is 0.324. The van der Waals surface area contributed by atoms with Gasteiger partial charge in [-0.3, -0.25) is 0 Å². The van der Waals surface area contributed by atoms with Crippen molar-refractivity contribution in [3.05, 3.63) is 18.4 Å². The maximum absolute atomic E-state index is 9.38. The van der Waals surface area contributed by atoms with Crippen LogP contribution in [0.3, 0.4) is 0 Å². The van der Waals surface area contributed by atoms with Gasteiger partial charge in [0.1, 0.15) is 4.91 Å². The van der Waals surface area contributed by atoms with Gasteiger partial charge in [-0.25, -0.2) is 0 Å². The first-order chi connectivity index (χ1) is 2.27. The Morgan fingerprint density at radius 3 is 2.20 bits per heavy atom. The monoisotopic (exact) mass is 88.0 g/mol. The zero-order chi connectivity index (χ0) is 4.28. The molecule has 0 aliphatic heterocycles. The molecule has 0 spiro atoms. The van der Waals surface area contributed by atoms with Crippen LogP contribution in [0.4, 0.5) is 0 Å². The average Bonchev–Trinajstić information content (AvgIpc) is 1.38. The Labute approximate surface area is 35.9 Å². The van der Waals surface area contributed by atoms with E-state index in [-0.39, 0.29) is 0 Å². The molecule has 1 nitrogen and oxygen atoms in total. The maximum Gasteiger partial charge on any atom is 0.138 e. The molecule has 0 aliphatic carbocycles.